The van der Waals surface area contributed by atoms with E-state index in [0.717, 1.165) is 18.4 Å². The van der Waals surface area contributed by atoms with Crippen LogP contribution in [0.15, 0.2) is 48.5 Å². The van der Waals surface area contributed by atoms with Crippen molar-refractivity contribution in [3.63, 3.8) is 0 Å². The summed E-state index contributed by atoms with van der Waals surface area (Å²) in [6.07, 6.45) is 1.93. The highest BCUT2D eigenvalue weighted by Gasteiger charge is 2.13. The number of hydrogen-bond donors (Lipinski definition) is 3. The third-order valence-electron chi connectivity index (χ3n) is 3.55. The number of amides is 3. The van der Waals surface area contributed by atoms with Crippen molar-refractivity contribution in [2.24, 2.45) is 0 Å². The highest BCUT2D eigenvalue weighted by atomic mass is 16.2. The predicted octanol–water partition coefficient (Wildman–Crippen LogP) is 4.17. The highest BCUT2D eigenvalue weighted by molar-refractivity contribution is 6.09. The van der Waals surface area contributed by atoms with E-state index in [0.29, 0.717) is 23.5 Å². The van der Waals surface area contributed by atoms with Crippen molar-refractivity contribution in [3.05, 3.63) is 59.7 Å². The Morgan fingerprint density at radius 2 is 1.67 bits per heavy atom. The molecule has 2 aromatic carbocycles. The van der Waals surface area contributed by atoms with Gasteiger partial charge < -0.3 is 16.0 Å². The first-order valence-electron chi connectivity index (χ1n) is 8.12. The van der Waals surface area contributed by atoms with Crippen LogP contribution in [0, 0.1) is 6.92 Å². The van der Waals surface area contributed by atoms with Gasteiger partial charge in [0.05, 0.1) is 11.3 Å². The van der Waals surface area contributed by atoms with Crippen molar-refractivity contribution in [1.29, 1.82) is 0 Å². The quantitative estimate of drug-likeness (QED) is 0.698. The molecule has 0 aromatic heterocycles. The van der Waals surface area contributed by atoms with E-state index < -0.39 is 0 Å². The van der Waals surface area contributed by atoms with Crippen LogP contribution in [-0.4, -0.2) is 18.5 Å². The Balaban J connectivity index is 2.05. The molecule has 2 aromatic rings. The van der Waals surface area contributed by atoms with E-state index in [-0.39, 0.29) is 11.9 Å². The standard InChI is InChI=1S/C19H23N3O2/c1-3-4-13-20-19(24)22-17-8-6-5-7-16(17)18(23)21-15-11-9-14(2)10-12-15/h5-12H,3-4,13H2,1-2H3,(H,21,23)(H2,20,22,24). The van der Waals surface area contributed by atoms with Crippen LogP contribution < -0.4 is 16.0 Å². The first kappa shape index (κ1) is 17.5. The minimum Gasteiger partial charge on any atom is -0.338 e. The van der Waals surface area contributed by atoms with Gasteiger partial charge in [0.1, 0.15) is 0 Å². The summed E-state index contributed by atoms with van der Waals surface area (Å²) in [6.45, 7) is 4.66. The predicted molar refractivity (Wildman–Crippen MR) is 97.5 cm³/mol. The number of anilines is 2. The maximum Gasteiger partial charge on any atom is 0.319 e. The zero-order valence-corrected chi connectivity index (χ0v) is 14.1. The number of benzene rings is 2. The normalized spacial score (nSPS) is 10.1. The fourth-order valence-corrected chi connectivity index (χ4v) is 2.17. The molecule has 0 aliphatic heterocycles. The Labute approximate surface area is 142 Å². The average Bonchev–Trinajstić information content (AvgIpc) is 2.57. The maximum atomic E-state index is 12.5. The molecule has 3 amide bonds. The Hall–Kier alpha value is -2.82. The van der Waals surface area contributed by atoms with Gasteiger partial charge in [0.15, 0.2) is 0 Å². The van der Waals surface area contributed by atoms with Crippen LogP contribution in [0.5, 0.6) is 0 Å². The number of aryl methyl sites for hydroxylation is 1. The molecular formula is C19H23N3O2. The number of hydrogen-bond acceptors (Lipinski definition) is 2. The summed E-state index contributed by atoms with van der Waals surface area (Å²) in [5.41, 5.74) is 2.74. The largest absolute Gasteiger partial charge is 0.338 e. The summed E-state index contributed by atoms with van der Waals surface area (Å²) in [4.78, 5) is 24.4. The van der Waals surface area contributed by atoms with E-state index in [1.807, 2.05) is 31.2 Å². The molecule has 0 radical (unpaired) electrons. The molecule has 0 saturated carbocycles. The van der Waals surface area contributed by atoms with Gasteiger partial charge in [0.2, 0.25) is 0 Å². The van der Waals surface area contributed by atoms with Crippen LogP contribution >= 0.6 is 0 Å². The number of carbonyl (C=O) groups is 2. The lowest BCUT2D eigenvalue weighted by Gasteiger charge is -2.12. The number of unbranched alkanes of at least 4 members (excludes halogenated alkanes) is 1. The zero-order chi connectivity index (χ0) is 17.4. The molecule has 24 heavy (non-hydrogen) atoms. The van der Waals surface area contributed by atoms with Gasteiger partial charge in [-0.1, -0.05) is 43.2 Å². The molecule has 0 spiro atoms. The summed E-state index contributed by atoms with van der Waals surface area (Å²) in [7, 11) is 0. The van der Waals surface area contributed by atoms with Crippen molar-refractivity contribution >= 4 is 23.3 Å². The Bertz CT molecular complexity index is 696. The first-order valence-corrected chi connectivity index (χ1v) is 8.12. The van der Waals surface area contributed by atoms with Crippen molar-refractivity contribution in [2.75, 3.05) is 17.2 Å². The fourth-order valence-electron chi connectivity index (χ4n) is 2.17. The fraction of sp³-hybridized carbons (Fsp3) is 0.263. The molecule has 0 heterocycles. The van der Waals surface area contributed by atoms with Crippen molar-refractivity contribution in [2.45, 2.75) is 26.7 Å². The van der Waals surface area contributed by atoms with Crippen LogP contribution in [0.25, 0.3) is 0 Å². The van der Waals surface area contributed by atoms with Crippen LogP contribution in [0.3, 0.4) is 0 Å². The second-order valence-corrected chi connectivity index (χ2v) is 5.60. The van der Waals surface area contributed by atoms with E-state index in [9.17, 15) is 9.59 Å². The lowest BCUT2D eigenvalue weighted by Crippen LogP contribution is -2.30. The van der Waals surface area contributed by atoms with Gasteiger partial charge >= 0.3 is 6.03 Å². The molecule has 0 aliphatic rings. The topological polar surface area (TPSA) is 70.2 Å². The molecule has 5 heteroatoms. The minimum atomic E-state index is -0.306. The van der Waals surface area contributed by atoms with Gasteiger partial charge in [-0.05, 0) is 37.6 Å². The van der Waals surface area contributed by atoms with Gasteiger partial charge in [0, 0.05) is 12.2 Å². The minimum absolute atomic E-state index is 0.261. The van der Waals surface area contributed by atoms with Gasteiger partial charge in [-0.15, -0.1) is 0 Å². The average molecular weight is 325 g/mol. The van der Waals surface area contributed by atoms with Crippen LogP contribution in [0.4, 0.5) is 16.2 Å². The van der Waals surface area contributed by atoms with E-state index in [1.54, 1.807) is 24.3 Å². The van der Waals surface area contributed by atoms with Crippen LogP contribution in [-0.2, 0) is 0 Å². The van der Waals surface area contributed by atoms with Gasteiger partial charge in [-0.25, -0.2) is 4.79 Å². The molecule has 0 bridgehead atoms. The second-order valence-electron chi connectivity index (χ2n) is 5.60. The van der Waals surface area contributed by atoms with Gasteiger partial charge in [0.25, 0.3) is 5.91 Å². The van der Waals surface area contributed by atoms with Crippen LogP contribution in [0.1, 0.15) is 35.7 Å². The zero-order valence-electron chi connectivity index (χ0n) is 14.1. The van der Waals surface area contributed by atoms with Gasteiger partial charge in [-0.3, -0.25) is 4.79 Å². The van der Waals surface area contributed by atoms with Crippen molar-refractivity contribution in [3.8, 4) is 0 Å². The van der Waals surface area contributed by atoms with E-state index >= 15 is 0 Å². The molecular weight excluding hydrogens is 302 g/mol. The van der Waals surface area contributed by atoms with Crippen molar-refractivity contribution in [1.82, 2.24) is 5.32 Å². The molecule has 0 fully saturated rings. The van der Waals surface area contributed by atoms with Crippen LogP contribution in [0.2, 0.25) is 0 Å². The van der Waals surface area contributed by atoms with E-state index in [2.05, 4.69) is 22.9 Å². The lowest BCUT2D eigenvalue weighted by molar-refractivity contribution is 0.102. The Kier molecular flexibility index (Phi) is 6.37. The molecule has 0 atom stereocenters. The smallest absolute Gasteiger partial charge is 0.319 e. The Morgan fingerprint density at radius 1 is 0.958 bits per heavy atom. The summed E-state index contributed by atoms with van der Waals surface area (Å²) >= 11 is 0. The number of urea groups is 1. The molecule has 126 valence electrons. The first-order chi connectivity index (χ1) is 11.6. The molecule has 0 aliphatic carbocycles. The molecule has 0 unspecified atom stereocenters. The highest BCUT2D eigenvalue weighted by Crippen LogP contribution is 2.17. The van der Waals surface area contributed by atoms with Gasteiger partial charge in [-0.2, -0.15) is 0 Å². The number of para-hydroxylation sites is 1. The third kappa shape index (κ3) is 5.12. The summed E-state index contributed by atoms with van der Waals surface area (Å²) in [5, 5.41) is 8.35. The van der Waals surface area contributed by atoms with E-state index in [4.69, 9.17) is 0 Å². The lowest BCUT2D eigenvalue weighted by atomic mass is 10.1. The second kappa shape index (κ2) is 8.72. The maximum absolute atomic E-state index is 12.5. The number of rotatable bonds is 6. The molecule has 2 rings (SSSR count). The monoisotopic (exact) mass is 325 g/mol. The SMILES string of the molecule is CCCCNC(=O)Nc1ccccc1C(=O)Nc1ccc(C)cc1. The number of nitrogens with one attached hydrogen (secondary N) is 3. The Morgan fingerprint density at radius 3 is 2.38 bits per heavy atom. The van der Waals surface area contributed by atoms with Crippen molar-refractivity contribution < 1.29 is 9.59 Å². The molecule has 5 nitrogen and oxygen atoms in total. The third-order valence-corrected chi connectivity index (χ3v) is 3.55. The molecule has 3 N–H and O–H groups in total. The molecule has 0 saturated heterocycles. The summed E-state index contributed by atoms with van der Waals surface area (Å²) in [5.74, 6) is -0.261. The summed E-state index contributed by atoms with van der Waals surface area (Å²) < 4.78 is 0. The summed E-state index contributed by atoms with van der Waals surface area (Å²) in [6, 6.07) is 14.2. The number of carbonyl (C=O) groups excluding carboxylic acids is 2. The van der Waals surface area contributed by atoms with E-state index in [1.165, 1.54) is 0 Å².